The normalized spacial score (nSPS) is 50.3. The molecule has 4 aliphatic rings. The average molecular weight is 347 g/mol. The first-order chi connectivity index (χ1) is 11.9. The quantitative estimate of drug-likeness (QED) is 0.587. The predicted octanol–water partition coefficient (Wildman–Crippen LogP) is 5.84. The van der Waals surface area contributed by atoms with Crippen molar-refractivity contribution in [3.8, 4) is 0 Å². The van der Waals surface area contributed by atoms with Crippen LogP contribution < -0.4 is 0 Å². The van der Waals surface area contributed by atoms with Gasteiger partial charge in [-0.05, 0) is 91.8 Å². The first-order valence-electron chi connectivity index (χ1n) is 11.0. The Morgan fingerprint density at radius 1 is 0.920 bits per heavy atom. The number of rotatable bonds is 2. The van der Waals surface area contributed by atoms with E-state index in [1.807, 2.05) is 0 Å². The van der Waals surface area contributed by atoms with Crippen molar-refractivity contribution in [1.29, 1.82) is 0 Å². The van der Waals surface area contributed by atoms with E-state index in [1.165, 1.54) is 64.2 Å². The molecule has 0 heterocycles. The minimum absolute atomic E-state index is 0.0111. The number of hydrogen-bond donors (Lipinski definition) is 0. The highest BCUT2D eigenvalue weighted by Crippen LogP contribution is 2.68. The summed E-state index contributed by atoms with van der Waals surface area (Å²) in [6.45, 7) is 7.30. The van der Waals surface area contributed by atoms with Crippen LogP contribution in [-0.4, -0.2) is 13.1 Å². The number of ether oxygens (including phenoxy) is 1. The zero-order valence-electron chi connectivity index (χ0n) is 16.9. The highest BCUT2D eigenvalue weighted by Gasteiger charge is 2.60. The van der Waals surface area contributed by atoms with E-state index in [0.717, 1.165) is 23.7 Å². The molecule has 0 saturated heterocycles. The molecule has 2 heteroatoms. The molecule has 0 bridgehead atoms. The van der Waals surface area contributed by atoms with Crippen LogP contribution in [0.1, 0.15) is 85.0 Å². The largest absolute Gasteiger partial charge is 0.469 e. The standard InChI is InChI=1S/C23H38O2/c1-15(21(24)25-4)18-10-11-19-17-9-8-16-7-5-6-13-22(16,2)20(17)12-14-23(18,19)3/h15-20H,5-14H2,1-4H3/t15?,16?,17-,18+,19-,20-,22-,23+/m0/s1. The maximum atomic E-state index is 12.2. The third kappa shape index (κ3) is 2.52. The van der Waals surface area contributed by atoms with Crippen LogP contribution in [0.5, 0.6) is 0 Å². The van der Waals surface area contributed by atoms with Gasteiger partial charge in [0.05, 0.1) is 13.0 Å². The summed E-state index contributed by atoms with van der Waals surface area (Å²) in [7, 11) is 1.55. The summed E-state index contributed by atoms with van der Waals surface area (Å²) < 4.78 is 5.10. The number of hydrogen-bond acceptors (Lipinski definition) is 2. The Kier molecular flexibility index (Phi) is 4.48. The molecule has 0 aromatic carbocycles. The number of fused-ring (bicyclic) bond motifs is 5. The van der Waals surface area contributed by atoms with Gasteiger partial charge in [0.1, 0.15) is 0 Å². The van der Waals surface area contributed by atoms with Crippen LogP contribution in [-0.2, 0) is 9.53 Å². The lowest BCUT2D eigenvalue weighted by molar-refractivity contribution is -0.151. The van der Waals surface area contributed by atoms with Crippen LogP contribution in [0.3, 0.4) is 0 Å². The molecule has 0 aromatic rings. The molecule has 4 aliphatic carbocycles. The molecule has 0 aromatic heterocycles. The molecule has 2 unspecified atom stereocenters. The second kappa shape index (κ2) is 6.27. The van der Waals surface area contributed by atoms with Crippen molar-refractivity contribution >= 4 is 5.97 Å². The Bertz CT molecular complexity index is 528. The van der Waals surface area contributed by atoms with Crippen molar-refractivity contribution in [3.63, 3.8) is 0 Å². The number of methoxy groups -OCH3 is 1. The minimum atomic E-state index is 0.0111. The van der Waals surface area contributed by atoms with Crippen molar-refractivity contribution in [1.82, 2.24) is 0 Å². The minimum Gasteiger partial charge on any atom is -0.469 e. The Hall–Kier alpha value is -0.530. The fraction of sp³-hybridized carbons (Fsp3) is 0.957. The van der Waals surface area contributed by atoms with E-state index < -0.39 is 0 Å². The molecule has 0 aliphatic heterocycles. The summed E-state index contributed by atoms with van der Waals surface area (Å²) in [5.41, 5.74) is 0.987. The lowest BCUT2D eigenvalue weighted by atomic mass is 9.44. The van der Waals surface area contributed by atoms with Crippen LogP contribution >= 0.6 is 0 Å². The molecule has 25 heavy (non-hydrogen) atoms. The van der Waals surface area contributed by atoms with Gasteiger partial charge in [0.25, 0.3) is 0 Å². The molecule has 4 fully saturated rings. The maximum absolute atomic E-state index is 12.2. The lowest BCUT2D eigenvalue weighted by Gasteiger charge is -2.60. The Labute approximate surface area is 154 Å². The van der Waals surface area contributed by atoms with Gasteiger partial charge in [0, 0.05) is 0 Å². The number of carbonyl (C=O) groups is 1. The molecule has 0 N–H and O–H groups in total. The van der Waals surface area contributed by atoms with Crippen LogP contribution in [0.2, 0.25) is 0 Å². The highest BCUT2D eigenvalue weighted by atomic mass is 16.5. The summed E-state index contributed by atoms with van der Waals surface area (Å²) in [4.78, 5) is 12.2. The van der Waals surface area contributed by atoms with Crippen molar-refractivity contribution in [2.75, 3.05) is 7.11 Å². The Balaban J connectivity index is 1.58. The average Bonchev–Trinajstić information content (AvgIpc) is 2.97. The van der Waals surface area contributed by atoms with Gasteiger partial charge in [-0.15, -0.1) is 0 Å². The summed E-state index contributed by atoms with van der Waals surface area (Å²) >= 11 is 0. The van der Waals surface area contributed by atoms with Gasteiger partial charge in [0.15, 0.2) is 0 Å². The maximum Gasteiger partial charge on any atom is 0.308 e. The molecule has 0 spiro atoms. The molecular formula is C23H38O2. The van der Waals surface area contributed by atoms with Gasteiger partial charge in [-0.1, -0.05) is 33.6 Å². The fourth-order valence-electron chi connectivity index (χ4n) is 8.51. The molecule has 0 amide bonds. The van der Waals surface area contributed by atoms with Crippen molar-refractivity contribution in [2.24, 2.45) is 46.3 Å². The van der Waals surface area contributed by atoms with Gasteiger partial charge in [-0.25, -0.2) is 0 Å². The van der Waals surface area contributed by atoms with Gasteiger partial charge in [0.2, 0.25) is 0 Å². The molecule has 8 atom stereocenters. The topological polar surface area (TPSA) is 26.3 Å². The van der Waals surface area contributed by atoms with Gasteiger partial charge >= 0.3 is 5.97 Å². The smallest absolute Gasteiger partial charge is 0.308 e. The third-order valence-electron chi connectivity index (χ3n) is 9.83. The Morgan fingerprint density at radius 3 is 2.44 bits per heavy atom. The molecule has 4 saturated carbocycles. The SMILES string of the molecule is COC(=O)C(C)[C@H]1CC[C@H]2[C@@H]3CCC4CCCC[C@]4(C)[C@H]3CC[C@]12C. The highest BCUT2D eigenvalue weighted by molar-refractivity contribution is 5.72. The fourth-order valence-corrected chi connectivity index (χ4v) is 8.51. The van der Waals surface area contributed by atoms with E-state index >= 15 is 0 Å². The van der Waals surface area contributed by atoms with Gasteiger partial charge < -0.3 is 4.74 Å². The summed E-state index contributed by atoms with van der Waals surface area (Å²) in [5.74, 6) is 4.34. The van der Waals surface area contributed by atoms with Crippen LogP contribution in [0.4, 0.5) is 0 Å². The van der Waals surface area contributed by atoms with Crippen LogP contribution in [0.15, 0.2) is 0 Å². The summed E-state index contributed by atoms with van der Waals surface area (Å²) in [6.07, 6.45) is 14.2. The molecule has 0 radical (unpaired) electrons. The molecular weight excluding hydrogens is 308 g/mol. The first kappa shape index (κ1) is 17.9. The van der Waals surface area contributed by atoms with E-state index in [2.05, 4.69) is 20.8 Å². The van der Waals surface area contributed by atoms with Crippen LogP contribution in [0.25, 0.3) is 0 Å². The van der Waals surface area contributed by atoms with E-state index in [-0.39, 0.29) is 11.9 Å². The summed E-state index contributed by atoms with van der Waals surface area (Å²) in [5, 5.41) is 0. The van der Waals surface area contributed by atoms with E-state index in [9.17, 15) is 4.79 Å². The van der Waals surface area contributed by atoms with Gasteiger partial charge in [-0.2, -0.15) is 0 Å². The van der Waals surface area contributed by atoms with E-state index in [0.29, 0.717) is 16.7 Å². The van der Waals surface area contributed by atoms with E-state index in [4.69, 9.17) is 4.74 Å². The second-order valence-electron chi connectivity index (χ2n) is 10.4. The molecule has 4 rings (SSSR count). The van der Waals surface area contributed by atoms with Crippen LogP contribution in [0, 0.1) is 46.3 Å². The van der Waals surface area contributed by atoms with Crippen molar-refractivity contribution in [2.45, 2.75) is 85.0 Å². The van der Waals surface area contributed by atoms with Crippen molar-refractivity contribution in [3.05, 3.63) is 0 Å². The molecule has 2 nitrogen and oxygen atoms in total. The first-order valence-corrected chi connectivity index (χ1v) is 11.0. The summed E-state index contributed by atoms with van der Waals surface area (Å²) in [6, 6.07) is 0. The lowest BCUT2D eigenvalue weighted by Crippen LogP contribution is -2.53. The zero-order valence-corrected chi connectivity index (χ0v) is 16.9. The number of esters is 1. The van der Waals surface area contributed by atoms with Crippen molar-refractivity contribution < 1.29 is 9.53 Å². The third-order valence-corrected chi connectivity index (χ3v) is 9.83. The van der Waals surface area contributed by atoms with E-state index in [1.54, 1.807) is 7.11 Å². The molecule has 142 valence electrons. The predicted molar refractivity (Wildman–Crippen MR) is 101 cm³/mol. The monoisotopic (exact) mass is 346 g/mol. The van der Waals surface area contributed by atoms with Gasteiger partial charge in [-0.3, -0.25) is 4.79 Å². The Morgan fingerprint density at radius 2 is 1.68 bits per heavy atom. The zero-order chi connectivity index (χ0) is 17.8. The second-order valence-corrected chi connectivity index (χ2v) is 10.4. The number of carbonyl (C=O) groups excluding carboxylic acids is 1.